The molecule has 3 rings (SSSR count). The van der Waals surface area contributed by atoms with Gasteiger partial charge in [0.15, 0.2) is 5.82 Å². The Kier molecular flexibility index (Phi) is 5.83. The van der Waals surface area contributed by atoms with E-state index in [1.54, 1.807) is 17.8 Å². The first-order valence-electron chi connectivity index (χ1n) is 7.96. The van der Waals surface area contributed by atoms with Gasteiger partial charge in [-0.3, -0.25) is 4.72 Å². The molecular formula is C17H16ClFN2O4S2. The topological polar surface area (TPSA) is 86.7 Å². The lowest BCUT2D eigenvalue weighted by atomic mass is 10.1. The smallest absolute Gasteiger partial charge is 0.337 e. The number of halogens is 2. The van der Waals surface area contributed by atoms with Crippen LogP contribution in [0.2, 0.25) is 5.02 Å². The molecule has 0 aliphatic carbocycles. The molecule has 0 bridgehead atoms. The molecule has 1 saturated heterocycles. The number of hydrogen-bond acceptors (Lipinski definition) is 5. The highest BCUT2D eigenvalue weighted by Crippen LogP contribution is 2.29. The number of hydrogen-bond donors (Lipinski definition) is 2. The summed E-state index contributed by atoms with van der Waals surface area (Å²) in [6, 6.07) is 7.90. The molecule has 0 unspecified atom stereocenters. The van der Waals surface area contributed by atoms with E-state index in [1.165, 1.54) is 24.3 Å². The third-order valence-corrected chi connectivity index (χ3v) is 6.67. The van der Waals surface area contributed by atoms with E-state index in [9.17, 15) is 22.7 Å². The fraction of sp³-hybridized carbons (Fsp3) is 0.235. The molecule has 0 atom stereocenters. The van der Waals surface area contributed by atoms with Gasteiger partial charge in [-0.05, 0) is 30.3 Å². The van der Waals surface area contributed by atoms with E-state index in [0.29, 0.717) is 18.8 Å². The van der Waals surface area contributed by atoms with E-state index < -0.39 is 26.7 Å². The summed E-state index contributed by atoms with van der Waals surface area (Å²) >= 11 is 7.44. The van der Waals surface area contributed by atoms with Gasteiger partial charge in [-0.15, -0.1) is 0 Å². The van der Waals surface area contributed by atoms with Crippen LogP contribution in [-0.2, 0) is 10.0 Å². The minimum atomic E-state index is -4.27. The molecule has 1 heterocycles. The molecule has 2 N–H and O–H groups in total. The standard InChI is InChI=1S/C17H16ClFN2O4S2/c18-13-2-1-3-15(16(13)19)27(24,25)20-11-4-5-14(12(10-11)17(22)23)21-6-8-26-9-7-21/h1-5,10,20H,6-9H2,(H,22,23). The summed E-state index contributed by atoms with van der Waals surface area (Å²) in [5.74, 6) is -0.450. The lowest BCUT2D eigenvalue weighted by Crippen LogP contribution is -2.33. The maximum Gasteiger partial charge on any atom is 0.337 e. The zero-order chi connectivity index (χ0) is 19.6. The molecule has 1 aliphatic heterocycles. The summed E-state index contributed by atoms with van der Waals surface area (Å²) < 4.78 is 41.2. The van der Waals surface area contributed by atoms with E-state index in [4.69, 9.17) is 11.6 Å². The van der Waals surface area contributed by atoms with E-state index in [2.05, 4.69) is 4.72 Å². The number of thioether (sulfide) groups is 1. The maximum absolute atomic E-state index is 14.1. The van der Waals surface area contributed by atoms with Crippen LogP contribution in [0.25, 0.3) is 0 Å². The number of carboxylic acid groups (broad SMARTS) is 1. The second kappa shape index (κ2) is 7.95. The Balaban J connectivity index is 1.94. The van der Waals surface area contributed by atoms with E-state index in [-0.39, 0.29) is 16.3 Å². The van der Waals surface area contributed by atoms with Gasteiger partial charge in [0.05, 0.1) is 16.3 Å². The molecule has 0 aromatic heterocycles. The number of aromatic carboxylic acids is 1. The Labute approximate surface area is 165 Å². The first-order chi connectivity index (χ1) is 12.8. The van der Waals surface area contributed by atoms with Crippen molar-refractivity contribution in [2.24, 2.45) is 0 Å². The molecule has 0 radical (unpaired) electrons. The van der Waals surface area contributed by atoms with Gasteiger partial charge in [0, 0.05) is 30.3 Å². The molecule has 0 spiro atoms. The van der Waals surface area contributed by atoms with Crippen LogP contribution in [0.3, 0.4) is 0 Å². The van der Waals surface area contributed by atoms with Gasteiger partial charge in [0.1, 0.15) is 4.90 Å². The van der Waals surface area contributed by atoms with Gasteiger partial charge in [0.2, 0.25) is 0 Å². The van der Waals surface area contributed by atoms with Gasteiger partial charge < -0.3 is 10.0 Å². The lowest BCUT2D eigenvalue weighted by molar-refractivity contribution is 0.0697. The number of nitrogens with zero attached hydrogens (tertiary/aromatic N) is 1. The molecule has 10 heteroatoms. The van der Waals surface area contributed by atoms with Crippen LogP contribution in [0, 0.1) is 5.82 Å². The van der Waals surface area contributed by atoms with Crippen molar-refractivity contribution < 1.29 is 22.7 Å². The molecule has 1 aliphatic rings. The highest BCUT2D eigenvalue weighted by atomic mass is 35.5. The predicted molar refractivity (Wildman–Crippen MR) is 105 cm³/mol. The molecule has 0 saturated carbocycles. The Morgan fingerprint density at radius 1 is 1.22 bits per heavy atom. The van der Waals surface area contributed by atoms with Crippen molar-refractivity contribution in [1.29, 1.82) is 0 Å². The first-order valence-corrected chi connectivity index (χ1v) is 11.0. The van der Waals surface area contributed by atoms with Crippen LogP contribution in [0.5, 0.6) is 0 Å². The molecule has 6 nitrogen and oxygen atoms in total. The van der Waals surface area contributed by atoms with Gasteiger partial charge in [-0.25, -0.2) is 17.6 Å². The Morgan fingerprint density at radius 3 is 2.59 bits per heavy atom. The lowest BCUT2D eigenvalue weighted by Gasteiger charge is -2.29. The van der Waals surface area contributed by atoms with Gasteiger partial charge in [0.25, 0.3) is 10.0 Å². The fourth-order valence-electron chi connectivity index (χ4n) is 2.75. The maximum atomic E-state index is 14.1. The minimum absolute atomic E-state index is 0.0198. The van der Waals surface area contributed by atoms with Crippen molar-refractivity contribution >= 4 is 50.7 Å². The number of nitrogens with one attached hydrogen (secondary N) is 1. The number of benzene rings is 2. The normalized spacial score (nSPS) is 14.8. The van der Waals surface area contributed by atoms with Gasteiger partial charge in [-0.2, -0.15) is 11.8 Å². The SMILES string of the molecule is O=C(O)c1cc(NS(=O)(=O)c2cccc(Cl)c2F)ccc1N1CCSCC1. The van der Waals surface area contributed by atoms with Gasteiger partial charge >= 0.3 is 5.97 Å². The number of rotatable bonds is 5. The van der Waals surface area contributed by atoms with Crippen LogP contribution in [0.4, 0.5) is 15.8 Å². The predicted octanol–water partition coefficient (Wildman–Crippen LogP) is 3.53. The molecule has 0 amide bonds. The molecule has 2 aromatic carbocycles. The third-order valence-electron chi connectivity index (χ3n) is 4.04. The second-order valence-corrected chi connectivity index (χ2v) is 9.08. The number of carbonyl (C=O) groups is 1. The summed E-state index contributed by atoms with van der Waals surface area (Å²) in [4.78, 5) is 13.0. The highest BCUT2D eigenvalue weighted by molar-refractivity contribution is 7.99. The van der Waals surface area contributed by atoms with E-state index >= 15 is 0 Å². The largest absolute Gasteiger partial charge is 0.478 e. The number of anilines is 2. The Bertz CT molecular complexity index is 979. The van der Waals surface area contributed by atoms with Gasteiger partial charge in [-0.1, -0.05) is 17.7 Å². The van der Waals surface area contributed by atoms with Crippen LogP contribution in [0.1, 0.15) is 10.4 Å². The van der Waals surface area contributed by atoms with Crippen molar-refractivity contribution in [3.63, 3.8) is 0 Å². The molecule has 27 heavy (non-hydrogen) atoms. The van der Waals surface area contributed by atoms with Crippen LogP contribution in [0.15, 0.2) is 41.3 Å². The number of carboxylic acids is 1. The van der Waals surface area contributed by atoms with Crippen molar-refractivity contribution in [1.82, 2.24) is 0 Å². The average molecular weight is 431 g/mol. The summed E-state index contributed by atoms with van der Waals surface area (Å²) in [7, 11) is -4.27. The van der Waals surface area contributed by atoms with E-state index in [0.717, 1.165) is 17.6 Å². The summed E-state index contributed by atoms with van der Waals surface area (Å²) in [6.07, 6.45) is 0. The van der Waals surface area contributed by atoms with Crippen molar-refractivity contribution in [2.75, 3.05) is 34.2 Å². The monoisotopic (exact) mass is 430 g/mol. The molecule has 2 aromatic rings. The van der Waals surface area contributed by atoms with Crippen LogP contribution in [-0.4, -0.2) is 44.1 Å². The first kappa shape index (κ1) is 19.8. The Hall–Kier alpha value is -1.97. The quantitative estimate of drug-likeness (QED) is 0.754. The zero-order valence-corrected chi connectivity index (χ0v) is 16.4. The molecular weight excluding hydrogens is 415 g/mol. The second-order valence-electron chi connectivity index (χ2n) is 5.79. The van der Waals surface area contributed by atoms with Crippen molar-refractivity contribution in [3.8, 4) is 0 Å². The molecule has 1 fully saturated rings. The highest BCUT2D eigenvalue weighted by Gasteiger charge is 2.23. The third kappa shape index (κ3) is 4.31. The summed E-state index contributed by atoms with van der Waals surface area (Å²) in [5, 5.41) is 9.21. The Morgan fingerprint density at radius 2 is 1.93 bits per heavy atom. The number of sulfonamides is 1. The van der Waals surface area contributed by atoms with E-state index in [1.807, 2.05) is 4.90 Å². The fourth-order valence-corrected chi connectivity index (χ4v) is 5.04. The molecule has 144 valence electrons. The summed E-state index contributed by atoms with van der Waals surface area (Å²) in [5.41, 5.74) is 0.537. The van der Waals surface area contributed by atoms with Crippen LogP contribution < -0.4 is 9.62 Å². The zero-order valence-electron chi connectivity index (χ0n) is 14.0. The van der Waals surface area contributed by atoms with Crippen molar-refractivity contribution in [2.45, 2.75) is 4.90 Å². The average Bonchev–Trinajstić information content (AvgIpc) is 2.64. The summed E-state index contributed by atoms with van der Waals surface area (Å²) in [6.45, 7) is 1.42. The van der Waals surface area contributed by atoms with Crippen LogP contribution >= 0.6 is 23.4 Å². The van der Waals surface area contributed by atoms with Crippen molar-refractivity contribution in [3.05, 3.63) is 52.8 Å². The minimum Gasteiger partial charge on any atom is -0.478 e.